The van der Waals surface area contributed by atoms with Crippen molar-refractivity contribution in [1.29, 1.82) is 0 Å². The maximum Gasteiger partial charge on any atom is 0.253 e. The Hall–Kier alpha value is -2.40. The van der Waals surface area contributed by atoms with Gasteiger partial charge in [0, 0.05) is 24.3 Å². The standard InChI is InChI=1S/C24H31N3OS/c1-17(2)22(21-10-6-5-9-18(21)3)26-24(29)25-20-13-11-19(12-14-20)23(28)27-15-7-4-8-16-27/h5-6,9-14,17,22H,4,7-8,15-16H2,1-3H3,(H2,25,26,29). The number of anilines is 1. The van der Waals surface area contributed by atoms with Gasteiger partial charge in [-0.2, -0.15) is 0 Å². The molecular formula is C24H31N3OS. The van der Waals surface area contributed by atoms with Gasteiger partial charge < -0.3 is 15.5 Å². The highest BCUT2D eigenvalue weighted by molar-refractivity contribution is 7.80. The summed E-state index contributed by atoms with van der Waals surface area (Å²) in [7, 11) is 0. The second-order valence-electron chi connectivity index (χ2n) is 8.11. The van der Waals surface area contributed by atoms with E-state index in [1.54, 1.807) is 0 Å². The first-order valence-electron chi connectivity index (χ1n) is 10.5. The average Bonchev–Trinajstić information content (AvgIpc) is 2.73. The number of aryl methyl sites for hydroxylation is 1. The fourth-order valence-electron chi connectivity index (χ4n) is 3.82. The normalized spacial score (nSPS) is 15.1. The largest absolute Gasteiger partial charge is 0.355 e. The van der Waals surface area contributed by atoms with Crippen molar-refractivity contribution < 1.29 is 4.79 Å². The Morgan fingerprint density at radius 1 is 1.00 bits per heavy atom. The molecular weight excluding hydrogens is 378 g/mol. The van der Waals surface area contributed by atoms with E-state index >= 15 is 0 Å². The molecule has 5 heteroatoms. The van der Waals surface area contributed by atoms with Gasteiger partial charge in [-0.25, -0.2) is 0 Å². The second-order valence-corrected chi connectivity index (χ2v) is 8.52. The molecule has 1 unspecified atom stereocenters. The van der Waals surface area contributed by atoms with Crippen molar-refractivity contribution >= 4 is 28.9 Å². The van der Waals surface area contributed by atoms with Crippen LogP contribution in [0.3, 0.4) is 0 Å². The summed E-state index contributed by atoms with van der Waals surface area (Å²) < 4.78 is 0. The lowest BCUT2D eigenvalue weighted by Crippen LogP contribution is -2.36. The number of piperidine rings is 1. The van der Waals surface area contributed by atoms with Crippen molar-refractivity contribution in [1.82, 2.24) is 10.2 Å². The zero-order chi connectivity index (χ0) is 20.8. The van der Waals surface area contributed by atoms with Gasteiger partial charge in [0.25, 0.3) is 5.91 Å². The van der Waals surface area contributed by atoms with Crippen LogP contribution in [0.2, 0.25) is 0 Å². The van der Waals surface area contributed by atoms with Gasteiger partial charge in [0.15, 0.2) is 5.11 Å². The minimum Gasteiger partial charge on any atom is -0.355 e. The molecule has 0 spiro atoms. The lowest BCUT2D eigenvalue weighted by Gasteiger charge is -2.27. The molecule has 2 aromatic rings. The minimum absolute atomic E-state index is 0.122. The predicted octanol–water partition coefficient (Wildman–Crippen LogP) is 5.30. The predicted molar refractivity (Wildman–Crippen MR) is 124 cm³/mol. The molecule has 1 amide bonds. The molecule has 1 aliphatic heterocycles. The average molecular weight is 410 g/mol. The van der Waals surface area contributed by atoms with Crippen LogP contribution in [0.1, 0.15) is 60.6 Å². The first kappa shape index (κ1) is 21.3. The summed E-state index contributed by atoms with van der Waals surface area (Å²) in [4.78, 5) is 14.6. The Morgan fingerprint density at radius 2 is 1.66 bits per heavy atom. The highest BCUT2D eigenvalue weighted by atomic mass is 32.1. The van der Waals surface area contributed by atoms with Gasteiger partial charge in [-0.1, -0.05) is 38.1 Å². The van der Waals surface area contributed by atoms with Gasteiger partial charge in [0.05, 0.1) is 6.04 Å². The number of hydrogen-bond acceptors (Lipinski definition) is 2. The van der Waals surface area contributed by atoms with Crippen molar-refractivity contribution in [3.05, 3.63) is 65.2 Å². The van der Waals surface area contributed by atoms with Gasteiger partial charge in [-0.05, 0) is 79.7 Å². The van der Waals surface area contributed by atoms with E-state index in [2.05, 4.69) is 55.7 Å². The lowest BCUT2D eigenvalue weighted by molar-refractivity contribution is 0.0724. The van der Waals surface area contributed by atoms with Crippen molar-refractivity contribution in [3.63, 3.8) is 0 Å². The zero-order valence-electron chi connectivity index (χ0n) is 17.6. The van der Waals surface area contributed by atoms with E-state index in [0.29, 0.717) is 11.0 Å². The Kier molecular flexibility index (Phi) is 7.26. The third-order valence-corrected chi connectivity index (χ3v) is 5.73. The van der Waals surface area contributed by atoms with E-state index < -0.39 is 0 Å². The third-order valence-electron chi connectivity index (χ3n) is 5.51. The molecule has 154 valence electrons. The van der Waals surface area contributed by atoms with Crippen LogP contribution in [-0.4, -0.2) is 29.0 Å². The summed E-state index contributed by atoms with van der Waals surface area (Å²) in [6.45, 7) is 8.23. The summed E-state index contributed by atoms with van der Waals surface area (Å²) in [5.41, 5.74) is 4.12. The van der Waals surface area contributed by atoms with Gasteiger partial charge >= 0.3 is 0 Å². The molecule has 0 aromatic heterocycles. The number of thiocarbonyl (C=S) groups is 1. The van der Waals surface area contributed by atoms with E-state index in [-0.39, 0.29) is 11.9 Å². The van der Waals surface area contributed by atoms with E-state index in [0.717, 1.165) is 37.2 Å². The summed E-state index contributed by atoms with van der Waals surface area (Å²) in [5.74, 6) is 0.511. The van der Waals surface area contributed by atoms with Crippen LogP contribution in [0.4, 0.5) is 5.69 Å². The Balaban J connectivity index is 1.62. The lowest BCUT2D eigenvalue weighted by atomic mass is 9.93. The monoisotopic (exact) mass is 409 g/mol. The molecule has 0 bridgehead atoms. The Labute approximate surface area is 179 Å². The van der Waals surface area contributed by atoms with Crippen LogP contribution in [-0.2, 0) is 0 Å². The van der Waals surface area contributed by atoms with E-state index in [1.807, 2.05) is 29.2 Å². The van der Waals surface area contributed by atoms with Crippen LogP contribution < -0.4 is 10.6 Å². The first-order chi connectivity index (χ1) is 14.0. The van der Waals surface area contributed by atoms with Crippen molar-refractivity contribution in [2.75, 3.05) is 18.4 Å². The highest BCUT2D eigenvalue weighted by Gasteiger charge is 2.19. The fourth-order valence-corrected chi connectivity index (χ4v) is 4.07. The van der Waals surface area contributed by atoms with Gasteiger partial charge in [-0.15, -0.1) is 0 Å². The number of rotatable bonds is 5. The van der Waals surface area contributed by atoms with Crippen LogP contribution in [0.15, 0.2) is 48.5 Å². The molecule has 0 aliphatic carbocycles. The van der Waals surface area contributed by atoms with Gasteiger partial charge in [0.1, 0.15) is 0 Å². The minimum atomic E-state index is 0.122. The van der Waals surface area contributed by atoms with Crippen molar-refractivity contribution in [2.24, 2.45) is 5.92 Å². The number of nitrogens with zero attached hydrogens (tertiary/aromatic N) is 1. The van der Waals surface area contributed by atoms with Crippen LogP contribution >= 0.6 is 12.2 Å². The smallest absolute Gasteiger partial charge is 0.253 e. The number of hydrogen-bond donors (Lipinski definition) is 2. The zero-order valence-corrected chi connectivity index (χ0v) is 18.4. The maximum atomic E-state index is 12.6. The molecule has 0 radical (unpaired) electrons. The van der Waals surface area contributed by atoms with Crippen LogP contribution in [0, 0.1) is 12.8 Å². The van der Waals surface area contributed by atoms with Crippen molar-refractivity contribution in [3.8, 4) is 0 Å². The number of amides is 1. The number of likely N-dealkylation sites (tertiary alicyclic amines) is 1. The molecule has 1 atom stereocenters. The highest BCUT2D eigenvalue weighted by Crippen LogP contribution is 2.25. The third kappa shape index (κ3) is 5.57. The number of nitrogens with one attached hydrogen (secondary N) is 2. The number of carbonyl (C=O) groups is 1. The molecule has 2 N–H and O–H groups in total. The Morgan fingerprint density at radius 3 is 2.28 bits per heavy atom. The Bertz CT molecular complexity index is 841. The molecule has 2 aromatic carbocycles. The molecule has 0 saturated carbocycles. The SMILES string of the molecule is Cc1ccccc1C(NC(=S)Nc1ccc(C(=O)N2CCCCC2)cc1)C(C)C. The van der Waals surface area contributed by atoms with E-state index in [1.165, 1.54) is 17.5 Å². The molecule has 1 fully saturated rings. The summed E-state index contributed by atoms with van der Waals surface area (Å²) >= 11 is 5.56. The summed E-state index contributed by atoms with van der Waals surface area (Å²) in [6.07, 6.45) is 3.42. The second kappa shape index (κ2) is 9.88. The van der Waals surface area contributed by atoms with Crippen molar-refractivity contribution in [2.45, 2.75) is 46.1 Å². The van der Waals surface area contributed by atoms with E-state index in [9.17, 15) is 4.79 Å². The number of carbonyl (C=O) groups excluding carboxylic acids is 1. The molecule has 3 rings (SSSR count). The number of benzene rings is 2. The molecule has 1 saturated heterocycles. The van der Waals surface area contributed by atoms with Gasteiger partial charge in [0.2, 0.25) is 0 Å². The molecule has 1 aliphatic rings. The molecule has 1 heterocycles. The quantitative estimate of drug-likeness (QED) is 0.657. The molecule has 29 heavy (non-hydrogen) atoms. The fraction of sp³-hybridized carbons (Fsp3) is 0.417. The topological polar surface area (TPSA) is 44.4 Å². The van der Waals surface area contributed by atoms with E-state index in [4.69, 9.17) is 12.2 Å². The first-order valence-corrected chi connectivity index (χ1v) is 10.9. The summed E-state index contributed by atoms with van der Waals surface area (Å²) in [6, 6.07) is 16.1. The molecule has 4 nitrogen and oxygen atoms in total. The maximum absolute atomic E-state index is 12.6. The summed E-state index contributed by atoms with van der Waals surface area (Å²) in [5, 5.41) is 7.30. The van der Waals surface area contributed by atoms with Crippen LogP contribution in [0.25, 0.3) is 0 Å². The van der Waals surface area contributed by atoms with Gasteiger partial charge in [-0.3, -0.25) is 4.79 Å². The van der Waals surface area contributed by atoms with Crippen LogP contribution in [0.5, 0.6) is 0 Å².